The number of aromatic nitrogens is 2. The first-order chi connectivity index (χ1) is 7.84. The molecule has 0 unspecified atom stereocenters. The van der Waals surface area contributed by atoms with Crippen molar-refractivity contribution in [1.29, 1.82) is 0 Å². The number of hydrogen-bond acceptors (Lipinski definition) is 2. The maximum absolute atomic E-state index is 5.79. The number of nitrogen functional groups attached to an aromatic ring is 1. The van der Waals surface area contributed by atoms with E-state index in [0.717, 1.165) is 22.3 Å². The van der Waals surface area contributed by atoms with Gasteiger partial charge in [0.05, 0.1) is 17.4 Å². The number of hydrogen-bond donors (Lipinski definition) is 1. The minimum Gasteiger partial charge on any atom is -0.399 e. The Morgan fingerprint density at radius 1 is 1.00 bits per heavy atom. The molecule has 0 aliphatic heterocycles. The Morgan fingerprint density at radius 2 is 1.81 bits per heavy atom. The van der Waals surface area contributed by atoms with Gasteiger partial charge in [-0.3, -0.25) is 0 Å². The zero-order valence-corrected chi connectivity index (χ0v) is 8.67. The Balaban J connectivity index is 2.29. The largest absolute Gasteiger partial charge is 0.399 e. The maximum atomic E-state index is 5.79. The third kappa shape index (κ3) is 1.34. The summed E-state index contributed by atoms with van der Waals surface area (Å²) in [5.41, 5.74) is 8.62. The second-order valence-electron chi connectivity index (χ2n) is 3.71. The van der Waals surface area contributed by atoms with E-state index in [4.69, 9.17) is 5.73 Å². The highest BCUT2D eigenvalue weighted by Gasteiger charge is 2.03. The number of fused-ring (bicyclic) bond motifs is 1. The molecule has 0 fully saturated rings. The fraction of sp³-hybridized carbons (Fsp3) is 0. The lowest BCUT2D eigenvalue weighted by Crippen LogP contribution is -1.95. The summed E-state index contributed by atoms with van der Waals surface area (Å²) in [6.45, 7) is 0. The second kappa shape index (κ2) is 3.38. The molecule has 78 valence electrons. The summed E-state index contributed by atoms with van der Waals surface area (Å²) in [5, 5.41) is 5.46. The summed E-state index contributed by atoms with van der Waals surface area (Å²) in [5.74, 6) is 0. The molecule has 3 nitrogen and oxygen atoms in total. The van der Waals surface area contributed by atoms with Crippen molar-refractivity contribution in [3.05, 3.63) is 54.7 Å². The number of anilines is 1. The first-order valence-corrected chi connectivity index (χ1v) is 5.13. The van der Waals surface area contributed by atoms with Gasteiger partial charge in [0, 0.05) is 11.1 Å². The monoisotopic (exact) mass is 209 g/mol. The fourth-order valence-electron chi connectivity index (χ4n) is 1.81. The van der Waals surface area contributed by atoms with E-state index in [2.05, 4.69) is 5.10 Å². The van der Waals surface area contributed by atoms with Crippen LogP contribution in [0.3, 0.4) is 0 Å². The lowest BCUT2D eigenvalue weighted by atomic mass is 10.2. The predicted molar refractivity (Wildman–Crippen MR) is 65.5 cm³/mol. The van der Waals surface area contributed by atoms with E-state index in [1.165, 1.54) is 0 Å². The van der Waals surface area contributed by atoms with E-state index in [1.54, 1.807) is 0 Å². The molecule has 3 rings (SSSR count). The molecule has 0 radical (unpaired) electrons. The molecule has 2 aromatic carbocycles. The van der Waals surface area contributed by atoms with E-state index in [9.17, 15) is 0 Å². The van der Waals surface area contributed by atoms with Crippen LogP contribution in [-0.2, 0) is 0 Å². The first-order valence-electron chi connectivity index (χ1n) is 5.13. The van der Waals surface area contributed by atoms with Crippen LogP contribution in [-0.4, -0.2) is 9.78 Å². The molecule has 3 aromatic rings. The van der Waals surface area contributed by atoms with Crippen LogP contribution in [0, 0.1) is 0 Å². The summed E-state index contributed by atoms with van der Waals surface area (Å²) in [4.78, 5) is 0. The van der Waals surface area contributed by atoms with Crippen molar-refractivity contribution in [3.8, 4) is 5.69 Å². The molecular formula is C13H11N3. The minimum absolute atomic E-state index is 0.755. The van der Waals surface area contributed by atoms with Gasteiger partial charge in [0.1, 0.15) is 0 Å². The van der Waals surface area contributed by atoms with Crippen molar-refractivity contribution >= 4 is 16.6 Å². The molecule has 0 aliphatic rings. The van der Waals surface area contributed by atoms with E-state index >= 15 is 0 Å². The van der Waals surface area contributed by atoms with Crippen LogP contribution in [0.1, 0.15) is 0 Å². The SMILES string of the molecule is Nc1ccc2cnn(-c3ccccc3)c2c1. The molecule has 1 aromatic heterocycles. The van der Waals surface area contributed by atoms with Crippen molar-refractivity contribution in [2.24, 2.45) is 0 Å². The number of nitrogens with two attached hydrogens (primary N) is 1. The van der Waals surface area contributed by atoms with Crippen molar-refractivity contribution in [2.75, 3.05) is 5.73 Å². The van der Waals surface area contributed by atoms with Gasteiger partial charge in [-0.15, -0.1) is 0 Å². The highest BCUT2D eigenvalue weighted by molar-refractivity contribution is 5.83. The van der Waals surface area contributed by atoms with E-state index < -0.39 is 0 Å². The summed E-state index contributed by atoms with van der Waals surface area (Å²) >= 11 is 0. The Kier molecular flexibility index (Phi) is 1.90. The van der Waals surface area contributed by atoms with Gasteiger partial charge in [-0.1, -0.05) is 18.2 Å². The molecule has 0 bridgehead atoms. The lowest BCUT2D eigenvalue weighted by molar-refractivity contribution is 0.911. The molecule has 0 saturated carbocycles. The standard InChI is InChI=1S/C13H11N3/c14-11-7-6-10-9-15-16(13(10)8-11)12-4-2-1-3-5-12/h1-9H,14H2. The molecule has 1 heterocycles. The Hall–Kier alpha value is -2.29. The molecule has 0 saturated heterocycles. The zero-order chi connectivity index (χ0) is 11.0. The van der Waals surface area contributed by atoms with Crippen molar-refractivity contribution in [3.63, 3.8) is 0 Å². The third-order valence-corrected chi connectivity index (χ3v) is 2.60. The van der Waals surface area contributed by atoms with E-state index in [-0.39, 0.29) is 0 Å². The average Bonchev–Trinajstić information content (AvgIpc) is 2.73. The van der Waals surface area contributed by atoms with Gasteiger partial charge in [0.15, 0.2) is 0 Å². The molecular weight excluding hydrogens is 198 g/mol. The van der Waals surface area contributed by atoms with Crippen LogP contribution in [0.4, 0.5) is 5.69 Å². The number of rotatable bonds is 1. The quantitative estimate of drug-likeness (QED) is 0.626. The van der Waals surface area contributed by atoms with Gasteiger partial charge in [0.25, 0.3) is 0 Å². The smallest absolute Gasteiger partial charge is 0.0761 e. The molecule has 2 N–H and O–H groups in total. The summed E-state index contributed by atoms with van der Waals surface area (Å²) in [7, 11) is 0. The summed E-state index contributed by atoms with van der Waals surface area (Å²) < 4.78 is 1.89. The van der Waals surface area contributed by atoms with Crippen molar-refractivity contribution in [2.45, 2.75) is 0 Å². The van der Waals surface area contributed by atoms with Gasteiger partial charge < -0.3 is 5.73 Å². The first kappa shape index (κ1) is 8.97. The molecule has 3 heteroatoms. The summed E-state index contributed by atoms with van der Waals surface area (Å²) in [6, 6.07) is 15.8. The Bertz CT molecular complexity index is 626. The summed E-state index contributed by atoms with van der Waals surface area (Å²) in [6.07, 6.45) is 1.85. The maximum Gasteiger partial charge on any atom is 0.0761 e. The molecule has 0 atom stereocenters. The van der Waals surface area contributed by atoms with Crippen molar-refractivity contribution in [1.82, 2.24) is 9.78 Å². The number of benzene rings is 2. The topological polar surface area (TPSA) is 43.8 Å². The van der Waals surface area contributed by atoms with Crippen LogP contribution in [0.2, 0.25) is 0 Å². The normalized spacial score (nSPS) is 10.8. The van der Waals surface area contributed by atoms with Gasteiger partial charge in [-0.2, -0.15) is 5.10 Å². The van der Waals surface area contributed by atoms with Crippen LogP contribution in [0.25, 0.3) is 16.6 Å². The van der Waals surface area contributed by atoms with Crippen LogP contribution >= 0.6 is 0 Å². The van der Waals surface area contributed by atoms with Crippen molar-refractivity contribution < 1.29 is 0 Å². The molecule has 16 heavy (non-hydrogen) atoms. The highest BCUT2D eigenvalue weighted by Crippen LogP contribution is 2.20. The third-order valence-electron chi connectivity index (χ3n) is 2.60. The van der Waals surface area contributed by atoms with Crippen LogP contribution in [0.5, 0.6) is 0 Å². The number of nitrogens with zero attached hydrogens (tertiary/aromatic N) is 2. The second-order valence-corrected chi connectivity index (χ2v) is 3.71. The fourth-order valence-corrected chi connectivity index (χ4v) is 1.81. The Labute approximate surface area is 93.1 Å². The lowest BCUT2D eigenvalue weighted by Gasteiger charge is -2.03. The molecule has 0 spiro atoms. The van der Waals surface area contributed by atoms with Gasteiger partial charge in [-0.05, 0) is 30.3 Å². The van der Waals surface area contributed by atoms with Gasteiger partial charge in [-0.25, -0.2) is 4.68 Å². The highest BCUT2D eigenvalue weighted by atomic mass is 15.3. The predicted octanol–water partition coefficient (Wildman–Crippen LogP) is 2.61. The minimum atomic E-state index is 0.755. The van der Waals surface area contributed by atoms with E-state index in [0.29, 0.717) is 0 Å². The van der Waals surface area contributed by atoms with Gasteiger partial charge in [0.2, 0.25) is 0 Å². The Morgan fingerprint density at radius 3 is 2.62 bits per heavy atom. The average molecular weight is 209 g/mol. The van der Waals surface area contributed by atoms with E-state index in [1.807, 2.05) is 59.4 Å². The molecule has 0 amide bonds. The van der Waals surface area contributed by atoms with Crippen LogP contribution < -0.4 is 5.73 Å². The zero-order valence-electron chi connectivity index (χ0n) is 8.67. The number of para-hydroxylation sites is 1. The molecule has 0 aliphatic carbocycles. The van der Waals surface area contributed by atoms with Gasteiger partial charge >= 0.3 is 0 Å². The van der Waals surface area contributed by atoms with Crippen LogP contribution in [0.15, 0.2) is 54.7 Å².